The number of fused-ring (bicyclic) bond motifs is 1. The molecule has 1 aliphatic rings. The monoisotopic (exact) mass is 308 g/mol. The number of hydrogen-bond donors (Lipinski definition) is 1. The Hall–Kier alpha value is -1.03. The van der Waals surface area contributed by atoms with Gasteiger partial charge >= 0.3 is 0 Å². The normalized spacial score (nSPS) is 18.9. The van der Waals surface area contributed by atoms with Crippen LogP contribution in [0.1, 0.15) is 11.1 Å². The van der Waals surface area contributed by atoms with Gasteiger partial charge in [-0.2, -0.15) is 0 Å². The highest BCUT2D eigenvalue weighted by molar-refractivity contribution is 8.00. The maximum atomic E-state index is 13.2. The molecule has 0 spiro atoms. The second-order valence-corrected chi connectivity index (χ2v) is 6.66. The van der Waals surface area contributed by atoms with Crippen molar-refractivity contribution in [1.82, 2.24) is 0 Å². The van der Waals surface area contributed by atoms with Crippen molar-refractivity contribution in [3.05, 3.63) is 64.4 Å². The van der Waals surface area contributed by atoms with E-state index in [1.165, 1.54) is 28.7 Å². The van der Waals surface area contributed by atoms with Crippen molar-refractivity contribution in [2.24, 2.45) is 0 Å². The van der Waals surface area contributed by atoms with Crippen molar-refractivity contribution in [2.75, 3.05) is 0 Å². The van der Waals surface area contributed by atoms with Crippen molar-refractivity contribution in [3.8, 4) is 0 Å². The van der Waals surface area contributed by atoms with Gasteiger partial charge in [-0.15, -0.1) is 11.8 Å². The van der Waals surface area contributed by atoms with Crippen LogP contribution < -0.4 is 0 Å². The molecule has 1 aliphatic heterocycles. The number of rotatable bonds is 3. The van der Waals surface area contributed by atoms with Gasteiger partial charge in [-0.25, -0.2) is 4.39 Å². The van der Waals surface area contributed by atoms with Gasteiger partial charge in [-0.1, -0.05) is 29.8 Å². The molecule has 0 saturated carbocycles. The molecular weight excluding hydrogens is 295 g/mol. The Labute approximate surface area is 126 Å². The molecule has 2 aromatic rings. The molecular formula is C16H14ClFOS. The van der Waals surface area contributed by atoms with Gasteiger partial charge < -0.3 is 5.11 Å². The molecule has 3 rings (SSSR count). The molecule has 2 atom stereocenters. The van der Waals surface area contributed by atoms with Crippen LogP contribution in [-0.2, 0) is 12.8 Å². The molecule has 1 heterocycles. The number of aliphatic hydroxyl groups excluding tert-OH is 1. The van der Waals surface area contributed by atoms with E-state index in [-0.39, 0.29) is 11.1 Å². The molecule has 104 valence electrons. The van der Waals surface area contributed by atoms with Crippen LogP contribution in [0.5, 0.6) is 0 Å². The molecule has 4 heteroatoms. The number of thioether (sulfide) groups is 1. The quantitative estimate of drug-likeness (QED) is 0.921. The van der Waals surface area contributed by atoms with Gasteiger partial charge in [-0.05, 0) is 41.8 Å². The Kier molecular flexibility index (Phi) is 4.01. The molecule has 2 aromatic carbocycles. The smallest absolute Gasteiger partial charge is 0.123 e. The first-order valence-corrected chi connectivity index (χ1v) is 7.76. The molecule has 0 aromatic heterocycles. The zero-order valence-corrected chi connectivity index (χ0v) is 12.3. The van der Waals surface area contributed by atoms with E-state index in [1.807, 2.05) is 12.1 Å². The maximum Gasteiger partial charge on any atom is 0.123 e. The fourth-order valence-electron chi connectivity index (χ4n) is 2.48. The van der Waals surface area contributed by atoms with Crippen LogP contribution in [-0.4, -0.2) is 16.5 Å². The molecule has 0 bridgehead atoms. The second kappa shape index (κ2) is 5.76. The first kappa shape index (κ1) is 13.9. The summed E-state index contributed by atoms with van der Waals surface area (Å²) in [6.45, 7) is 0. The van der Waals surface area contributed by atoms with E-state index in [2.05, 4.69) is 12.1 Å². The summed E-state index contributed by atoms with van der Waals surface area (Å²) in [6, 6.07) is 12.4. The topological polar surface area (TPSA) is 20.2 Å². The lowest BCUT2D eigenvalue weighted by Gasteiger charge is -2.17. The summed E-state index contributed by atoms with van der Waals surface area (Å²) in [6.07, 6.45) is 0.684. The second-order valence-electron chi connectivity index (χ2n) is 4.98. The SMILES string of the molecule is OC(Cc1cc(F)ccc1Cl)C1Cc2ccccc2S1. The van der Waals surface area contributed by atoms with Crippen LogP contribution in [0.25, 0.3) is 0 Å². The van der Waals surface area contributed by atoms with Crippen LogP contribution in [0.2, 0.25) is 5.02 Å². The Balaban J connectivity index is 1.72. The van der Waals surface area contributed by atoms with Crippen LogP contribution in [0.15, 0.2) is 47.4 Å². The van der Waals surface area contributed by atoms with Crippen LogP contribution in [0.3, 0.4) is 0 Å². The molecule has 0 saturated heterocycles. The molecule has 0 amide bonds. The average molecular weight is 309 g/mol. The summed E-state index contributed by atoms with van der Waals surface area (Å²) in [7, 11) is 0. The van der Waals surface area contributed by atoms with E-state index in [0.29, 0.717) is 17.0 Å². The Morgan fingerprint density at radius 1 is 1.30 bits per heavy atom. The van der Waals surface area contributed by atoms with Gasteiger partial charge in [0.15, 0.2) is 0 Å². The number of hydrogen-bond acceptors (Lipinski definition) is 2. The van der Waals surface area contributed by atoms with Crippen molar-refractivity contribution in [2.45, 2.75) is 29.1 Å². The third-order valence-electron chi connectivity index (χ3n) is 3.54. The lowest BCUT2D eigenvalue weighted by Crippen LogP contribution is -2.25. The number of aliphatic hydroxyl groups is 1. The number of benzene rings is 2. The van der Waals surface area contributed by atoms with Gasteiger partial charge in [0.1, 0.15) is 5.82 Å². The highest BCUT2D eigenvalue weighted by Gasteiger charge is 2.28. The van der Waals surface area contributed by atoms with Gasteiger partial charge in [0, 0.05) is 21.6 Å². The Bertz CT molecular complexity index is 607. The van der Waals surface area contributed by atoms with Crippen molar-refractivity contribution in [1.29, 1.82) is 0 Å². The Morgan fingerprint density at radius 3 is 2.90 bits per heavy atom. The van der Waals surface area contributed by atoms with E-state index in [4.69, 9.17) is 11.6 Å². The fraction of sp³-hybridized carbons (Fsp3) is 0.250. The van der Waals surface area contributed by atoms with Crippen LogP contribution in [0.4, 0.5) is 4.39 Å². The van der Waals surface area contributed by atoms with E-state index >= 15 is 0 Å². The minimum atomic E-state index is -0.535. The summed E-state index contributed by atoms with van der Waals surface area (Å²) in [5.74, 6) is -0.320. The third kappa shape index (κ3) is 2.85. The highest BCUT2D eigenvalue weighted by atomic mass is 35.5. The highest BCUT2D eigenvalue weighted by Crippen LogP contribution is 2.39. The minimum absolute atomic E-state index is 0.103. The van der Waals surface area contributed by atoms with E-state index in [0.717, 1.165) is 6.42 Å². The average Bonchev–Trinajstić information content (AvgIpc) is 2.87. The number of halogens is 2. The predicted octanol–water partition coefficient (Wildman–Crippen LogP) is 4.10. The van der Waals surface area contributed by atoms with Crippen molar-refractivity contribution < 1.29 is 9.50 Å². The first-order valence-electron chi connectivity index (χ1n) is 6.50. The van der Waals surface area contributed by atoms with E-state index in [9.17, 15) is 9.50 Å². The standard InChI is InChI=1S/C16H14ClFOS/c17-13-6-5-12(18)7-11(13)8-14(19)16-9-10-3-1-2-4-15(10)20-16/h1-7,14,16,19H,8-9H2. The summed E-state index contributed by atoms with van der Waals surface area (Å²) in [5.41, 5.74) is 1.93. The van der Waals surface area contributed by atoms with Crippen LogP contribution >= 0.6 is 23.4 Å². The lowest BCUT2D eigenvalue weighted by molar-refractivity contribution is 0.172. The van der Waals surface area contributed by atoms with Gasteiger partial charge in [0.2, 0.25) is 0 Å². The van der Waals surface area contributed by atoms with Gasteiger partial charge in [0.25, 0.3) is 0 Å². The minimum Gasteiger partial charge on any atom is -0.392 e. The molecule has 20 heavy (non-hydrogen) atoms. The predicted molar refractivity (Wildman–Crippen MR) is 80.9 cm³/mol. The summed E-state index contributed by atoms with van der Waals surface area (Å²) < 4.78 is 13.2. The van der Waals surface area contributed by atoms with Crippen LogP contribution in [0, 0.1) is 5.82 Å². The fourth-order valence-corrected chi connectivity index (χ4v) is 3.98. The molecule has 0 fully saturated rings. The Morgan fingerprint density at radius 2 is 2.10 bits per heavy atom. The van der Waals surface area contributed by atoms with Gasteiger partial charge in [-0.3, -0.25) is 0 Å². The molecule has 1 N–H and O–H groups in total. The summed E-state index contributed by atoms with van der Waals surface area (Å²) >= 11 is 7.74. The maximum absolute atomic E-state index is 13.2. The zero-order valence-electron chi connectivity index (χ0n) is 10.7. The molecule has 0 radical (unpaired) electrons. The molecule has 2 unspecified atom stereocenters. The lowest BCUT2D eigenvalue weighted by atomic mass is 10.0. The summed E-state index contributed by atoms with van der Waals surface area (Å²) in [5, 5.41) is 11.0. The third-order valence-corrected chi connectivity index (χ3v) is 5.34. The summed E-state index contributed by atoms with van der Waals surface area (Å²) in [4.78, 5) is 1.22. The molecule has 0 aliphatic carbocycles. The zero-order chi connectivity index (χ0) is 14.1. The largest absolute Gasteiger partial charge is 0.392 e. The van der Waals surface area contributed by atoms with E-state index in [1.54, 1.807) is 11.8 Å². The van der Waals surface area contributed by atoms with E-state index < -0.39 is 6.10 Å². The van der Waals surface area contributed by atoms with Crippen molar-refractivity contribution in [3.63, 3.8) is 0 Å². The van der Waals surface area contributed by atoms with Crippen molar-refractivity contribution >= 4 is 23.4 Å². The first-order chi connectivity index (χ1) is 9.63. The molecule has 1 nitrogen and oxygen atoms in total. The van der Waals surface area contributed by atoms with Gasteiger partial charge in [0.05, 0.1) is 6.10 Å².